The van der Waals surface area contributed by atoms with Crippen molar-refractivity contribution in [1.29, 1.82) is 0 Å². The van der Waals surface area contributed by atoms with E-state index < -0.39 is 0 Å². The van der Waals surface area contributed by atoms with Gasteiger partial charge in [0.15, 0.2) is 0 Å². The fourth-order valence-corrected chi connectivity index (χ4v) is 1.74. The average Bonchev–Trinajstić information content (AvgIpc) is 2.36. The third-order valence-electron chi connectivity index (χ3n) is 2.53. The fraction of sp³-hybridized carbons (Fsp3) is 0.0714. The molecule has 2 aromatic rings. The molecule has 0 atom stereocenters. The molecule has 0 saturated carbocycles. The van der Waals surface area contributed by atoms with Crippen LogP contribution >= 0.6 is 0 Å². The lowest BCUT2D eigenvalue weighted by atomic mass is 10.0. The van der Waals surface area contributed by atoms with Gasteiger partial charge in [0.1, 0.15) is 0 Å². The maximum atomic E-state index is 11.5. The highest BCUT2D eigenvalue weighted by Gasteiger charge is 2.08. The van der Waals surface area contributed by atoms with Gasteiger partial charge in [-0.1, -0.05) is 36.9 Å². The molecule has 0 aromatic heterocycles. The molecule has 0 bridgehead atoms. The first-order valence-corrected chi connectivity index (χ1v) is 5.00. The van der Waals surface area contributed by atoms with Crippen molar-refractivity contribution < 1.29 is 9.53 Å². The standard InChI is InChI=1S/C14H12O2/c1-3-10-8-12(14(15)16-2)9-11-6-4-5-7-13(10)11/h3-9H,1H2,2H3. The van der Waals surface area contributed by atoms with Gasteiger partial charge in [-0.3, -0.25) is 0 Å². The first kappa shape index (κ1) is 10.4. The maximum absolute atomic E-state index is 11.5. The summed E-state index contributed by atoms with van der Waals surface area (Å²) >= 11 is 0. The zero-order valence-corrected chi connectivity index (χ0v) is 9.07. The summed E-state index contributed by atoms with van der Waals surface area (Å²) in [6.45, 7) is 3.76. The van der Waals surface area contributed by atoms with Crippen molar-refractivity contribution in [3.8, 4) is 0 Å². The molecule has 0 N–H and O–H groups in total. The molecule has 80 valence electrons. The minimum atomic E-state index is -0.325. The Labute approximate surface area is 94.2 Å². The number of carbonyl (C=O) groups is 1. The number of methoxy groups -OCH3 is 1. The molecule has 16 heavy (non-hydrogen) atoms. The summed E-state index contributed by atoms with van der Waals surface area (Å²) in [5, 5.41) is 2.10. The molecule has 0 aliphatic heterocycles. The normalized spacial score (nSPS) is 10.1. The Bertz CT molecular complexity index is 556. The number of rotatable bonds is 2. The van der Waals surface area contributed by atoms with Crippen LogP contribution in [0.15, 0.2) is 43.0 Å². The molecule has 2 aromatic carbocycles. The predicted molar refractivity (Wildman–Crippen MR) is 65.4 cm³/mol. The van der Waals surface area contributed by atoms with Crippen LogP contribution in [0.4, 0.5) is 0 Å². The van der Waals surface area contributed by atoms with Crippen molar-refractivity contribution in [3.05, 3.63) is 54.1 Å². The lowest BCUT2D eigenvalue weighted by Crippen LogP contribution is -2.01. The van der Waals surface area contributed by atoms with Crippen LogP contribution in [0.3, 0.4) is 0 Å². The van der Waals surface area contributed by atoms with Crippen molar-refractivity contribution in [2.24, 2.45) is 0 Å². The third kappa shape index (κ3) is 1.70. The van der Waals surface area contributed by atoms with Crippen LogP contribution in [-0.4, -0.2) is 13.1 Å². The van der Waals surface area contributed by atoms with E-state index in [0.29, 0.717) is 5.56 Å². The van der Waals surface area contributed by atoms with E-state index in [0.717, 1.165) is 16.3 Å². The molecule has 0 aliphatic rings. The molecule has 0 amide bonds. The number of fused-ring (bicyclic) bond motifs is 1. The van der Waals surface area contributed by atoms with Crippen LogP contribution in [0, 0.1) is 0 Å². The van der Waals surface area contributed by atoms with Crippen LogP contribution in [0.2, 0.25) is 0 Å². The molecular weight excluding hydrogens is 200 g/mol. The Morgan fingerprint density at radius 2 is 2.06 bits per heavy atom. The monoisotopic (exact) mass is 212 g/mol. The molecule has 0 spiro atoms. The summed E-state index contributed by atoms with van der Waals surface area (Å²) in [5.74, 6) is -0.325. The average molecular weight is 212 g/mol. The van der Waals surface area contributed by atoms with E-state index in [-0.39, 0.29) is 5.97 Å². The molecular formula is C14H12O2. The van der Waals surface area contributed by atoms with Crippen molar-refractivity contribution in [1.82, 2.24) is 0 Å². The Morgan fingerprint density at radius 1 is 1.31 bits per heavy atom. The van der Waals surface area contributed by atoms with Gasteiger partial charge in [0.2, 0.25) is 0 Å². The summed E-state index contributed by atoms with van der Waals surface area (Å²) in [4.78, 5) is 11.5. The van der Waals surface area contributed by atoms with E-state index in [1.807, 2.05) is 30.3 Å². The SMILES string of the molecule is C=Cc1cc(C(=O)OC)cc2ccccc12. The lowest BCUT2D eigenvalue weighted by Gasteiger charge is -2.05. The van der Waals surface area contributed by atoms with Crippen LogP contribution in [0.25, 0.3) is 16.8 Å². The topological polar surface area (TPSA) is 26.3 Å². The molecule has 2 nitrogen and oxygen atoms in total. The van der Waals surface area contributed by atoms with Crippen LogP contribution < -0.4 is 0 Å². The van der Waals surface area contributed by atoms with E-state index in [1.54, 1.807) is 12.1 Å². The van der Waals surface area contributed by atoms with Gasteiger partial charge in [-0.25, -0.2) is 4.79 Å². The zero-order chi connectivity index (χ0) is 11.5. The first-order valence-electron chi connectivity index (χ1n) is 5.00. The van der Waals surface area contributed by atoms with E-state index in [2.05, 4.69) is 6.58 Å². The Kier molecular flexibility index (Phi) is 2.73. The summed E-state index contributed by atoms with van der Waals surface area (Å²) in [6.07, 6.45) is 1.74. The maximum Gasteiger partial charge on any atom is 0.337 e. The van der Waals surface area contributed by atoms with Crippen LogP contribution in [0.1, 0.15) is 15.9 Å². The van der Waals surface area contributed by atoms with Crippen molar-refractivity contribution in [2.75, 3.05) is 7.11 Å². The Balaban J connectivity index is 2.72. The largest absolute Gasteiger partial charge is 0.465 e. The van der Waals surface area contributed by atoms with Crippen molar-refractivity contribution in [3.63, 3.8) is 0 Å². The van der Waals surface area contributed by atoms with Gasteiger partial charge >= 0.3 is 5.97 Å². The minimum Gasteiger partial charge on any atom is -0.465 e. The number of esters is 1. The quantitative estimate of drug-likeness (QED) is 0.714. The number of hydrogen-bond donors (Lipinski definition) is 0. The lowest BCUT2D eigenvalue weighted by molar-refractivity contribution is 0.0601. The summed E-state index contributed by atoms with van der Waals surface area (Å²) in [6, 6.07) is 11.5. The van der Waals surface area contributed by atoms with E-state index >= 15 is 0 Å². The molecule has 0 radical (unpaired) electrons. The molecule has 0 fully saturated rings. The second-order valence-electron chi connectivity index (χ2n) is 3.48. The molecule has 0 heterocycles. The highest BCUT2D eigenvalue weighted by atomic mass is 16.5. The van der Waals surface area contributed by atoms with Crippen molar-refractivity contribution in [2.45, 2.75) is 0 Å². The zero-order valence-electron chi connectivity index (χ0n) is 9.07. The molecule has 2 rings (SSSR count). The second kappa shape index (κ2) is 4.19. The van der Waals surface area contributed by atoms with Crippen molar-refractivity contribution >= 4 is 22.8 Å². The fourth-order valence-electron chi connectivity index (χ4n) is 1.74. The number of hydrogen-bond acceptors (Lipinski definition) is 2. The molecule has 0 aliphatic carbocycles. The van der Waals surface area contributed by atoms with Crippen LogP contribution in [-0.2, 0) is 4.74 Å². The second-order valence-corrected chi connectivity index (χ2v) is 3.48. The van der Waals surface area contributed by atoms with Gasteiger partial charge in [0.05, 0.1) is 12.7 Å². The van der Waals surface area contributed by atoms with Gasteiger partial charge in [-0.15, -0.1) is 0 Å². The number of ether oxygens (including phenoxy) is 1. The molecule has 0 unspecified atom stereocenters. The highest BCUT2D eigenvalue weighted by Crippen LogP contribution is 2.22. The van der Waals surface area contributed by atoms with E-state index in [4.69, 9.17) is 4.74 Å². The minimum absolute atomic E-state index is 0.325. The van der Waals surface area contributed by atoms with Gasteiger partial charge in [0.25, 0.3) is 0 Å². The summed E-state index contributed by atoms with van der Waals surface area (Å²) in [5.41, 5.74) is 1.50. The predicted octanol–water partition coefficient (Wildman–Crippen LogP) is 3.27. The smallest absolute Gasteiger partial charge is 0.337 e. The Hall–Kier alpha value is -2.09. The van der Waals surface area contributed by atoms with Gasteiger partial charge in [-0.05, 0) is 28.5 Å². The van der Waals surface area contributed by atoms with E-state index in [1.165, 1.54) is 7.11 Å². The van der Waals surface area contributed by atoms with Crippen LogP contribution in [0.5, 0.6) is 0 Å². The molecule has 2 heteroatoms. The Morgan fingerprint density at radius 3 is 2.75 bits per heavy atom. The number of benzene rings is 2. The highest BCUT2D eigenvalue weighted by molar-refractivity contribution is 5.99. The third-order valence-corrected chi connectivity index (χ3v) is 2.53. The van der Waals surface area contributed by atoms with Gasteiger partial charge in [0, 0.05) is 0 Å². The number of carbonyl (C=O) groups excluding carboxylic acids is 1. The van der Waals surface area contributed by atoms with E-state index in [9.17, 15) is 4.79 Å². The summed E-state index contributed by atoms with van der Waals surface area (Å²) < 4.78 is 4.71. The first-order chi connectivity index (χ1) is 7.76. The summed E-state index contributed by atoms with van der Waals surface area (Å²) in [7, 11) is 1.38. The van der Waals surface area contributed by atoms with Gasteiger partial charge in [-0.2, -0.15) is 0 Å². The molecule has 0 saturated heterocycles. The van der Waals surface area contributed by atoms with Gasteiger partial charge < -0.3 is 4.74 Å².